The Balaban J connectivity index is 1.98. The van der Waals surface area contributed by atoms with Crippen molar-refractivity contribution in [2.45, 2.75) is 25.8 Å². The van der Waals surface area contributed by atoms with Crippen molar-refractivity contribution in [3.05, 3.63) is 34.1 Å². The smallest absolute Gasteiger partial charge is 0.227 e. The Morgan fingerprint density at radius 3 is 2.79 bits per heavy atom. The number of hydrogen-bond acceptors (Lipinski definition) is 2. The number of benzene rings is 1. The van der Waals surface area contributed by atoms with E-state index in [4.69, 9.17) is 0 Å². The van der Waals surface area contributed by atoms with Crippen LogP contribution >= 0.6 is 15.9 Å². The summed E-state index contributed by atoms with van der Waals surface area (Å²) in [4.78, 5) is 12.2. The molecule has 0 bridgehead atoms. The van der Waals surface area contributed by atoms with E-state index < -0.39 is 0 Å². The van der Waals surface area contributed by atoms with Gasteiger partial charge in [-0.3, -0.25) is 4.79 Å². The van der Waals surface area contributed by atoms with E-state index in [0.29, 0.717) is 12.1 Å². The van der Waals surface area contributed by atoms with E-state index in [1.165, 1.54) is 6.07 Å². The summed E-state index contributed by atoms with van der Waals surface area (Å²) < 4.78 is 14.4. The molecule has 1 aliphatic carbocycles. The maximum atomic E-state index is 13.6. The number of hydrogen-bond donors (Lipinski definition) is 2. The zero-order valence-corrected chi connectivity index (χ0v) is 12.5. The van der Waals surface area contributed by atoms with Gasteiger partial charge in [-0.1, -0.05) is 22.4 Å². The third-order valence-corrected chi connectivity index (χ3v) is 4.25. The van der Waals surface area contributed by atoms with E-state index in [9.17, 15) is 9.18 Å². The monoisotopic (exact) mass is 328 g/mol. The van der Waals surface area contributed by atoms with Crippen LogP contribution in [0, 0.1) is 11.2 Å². The molecule has 0 aromatic heterocycles. The van der Waals surface area contributed by atoms with Crippen molar-refractivity contribution in [3.8, 4) is 0 Å². The molecule has 0 heterocycles. The van der Waals surface area contributed by atoms with Gasteiger partial charge >= 0.3 is 0 Å². The lowest BCUT2D eigenvalue weighted by Gasteiger charge is -2.40. The predicted octanol–water partition coefficient (Wildman–Crippen LogP) is 2.59. The van der Waals surface area contributed by atoms with Crippen molar-refractivity contribution in [2.75, 3.05) is 13.6 Å². The SMILES string of the molecule is CNCC1(C(=O)NCc2cc(Br)ccc2F)CCC1. The van der Waals surface area contributed by atoms with Crippen LogP contribution in [0.3, 0.4) is 0 Å². The van der Waals surface area contributed by atoms with Gasteiger partial charge in [0.1, 0.15) is 5.82 Å². The number of carbonyl (C=O) groups is 1. The topological polar surface area (TPSA) is 41.1 Å². The lowest BCUT2D eigenvalue weighted by molar-refractivity contribution is -0.135. The molecule has 0 unspecified atom stereocenters. The second-order valence-electron chi connectivity index (χ2n) is 5.08. The Kier molecular flexibility index (Phi) is 4.58. The third-order valence-electron chi connectivity index (χ3n) is 3.75. The van der Waals surface area contributed by atoms with Crippen LogP contribution in [0.4, 0.5) is 4.39 Å². The van der Waals surface area contributed by atoms with Gasteiger partial charge in [-0.2, -0.15) is 0 Å². The molecule has 19 heavy (non-hydrogen) atoms. The summed E-state index contributed by atoms with van der Waals surface area (Å²) in [6.45, 7) is 0.912. The van der Waals surface area contributed by atoms with Crippen molar-refractivity contribution < 1.29 is 9.18 Å². The Hall–Kier alpha value is -0.940. The molecular formula is C14H18BrFN2O. The molecule has 1 saturated carbocycles. The van der Waals surface area contributed by atoms with Crippen molar-refractivity contribution in [3.63, 3.8) is 0 Å². The predicted molar refractivity (Wildman–Crippen MR) is 76.2 cm³/mol. The van der Waals surface area contributed by atoms with Crippen molar-refractivity contribution in [1.29, 1.82) is 0 Å². The summed E-state index contributed by atoms with van der Waals surface area (Å²) in [7, 11) is 1.85. The van der Waals surface area contributed by atoms with Crippen LogP contribution in [0.25, 0.3) is 0 Å². The first kappa shape index (κ1) is 14.5. The molecule has 1 aromatic rings. The molecule has 1 amide bonds. The van der Waals surface area contributed by atoms with Crippen molar-refractivity contribution >= 4 is 21.8 Å². The zero-order chi connectivity index (χ0) is 13.9. The Labute approximate surface area is 121 Å². The van der Waals surface area contributed by atoms with Crippen LogP contribution in [0.15, 0.2) is 22.7 Å². The summed E-state index contributed by atoms with van der Waals surface area (Å²) in [5.41, 5.74) is 0.207. The highest BCUT2D eigenvalue weighted by Crippen LogP contribution is 2.40. The Morgan fingerprint density at radius 2 is 2.21 bits per heavy atom. The Morgan fingerprint density at radius 1 is 1.47 bits per heavy atom. The molecule has 1 fully saturated rings. The van der Waals surface area contributed by atoms with E-state index in [1.54, 1.807) is 12.1 Å². The minimum atomic E-state index is -0.294. The van der Waals surface area contributed by atoms with Gasteiger partial charge in [0.15, 0.2) is 0 Å². The number of nitrogens with one attached hydrogen (secondary N) is 2. The molecule has 0 radical (unpaired) electrons. The maximum absolute atomic E-state index is 13.6. The van der Waals surface area contributed by atoms with E-state index in [2.05, 4.69) is 26.6 Å². The van der Waals surface area contributed by atoms with Gasteiger partial charge in [0.05, 0.1) is 5.41 Å². The van der Waals surface area contributed by atoms with Crippen molar-refractivity contribution in [2.24, 2.45) is 5.41 Å². The standard InChI is InChI=1S/C14H18BrFN2O/c1-17-9-14(5-2-6-14)13(19)18-8-10-7-11(15)3-4-12(10)16/h3-4,7,17H,2,5-6,8-9H2,1H3,(H,18,19). The molecule has 1 aromatic carbocycles. The van der Waals surface area contributed by atoms with E-state index in [1.807, 2.05) is 7.05 Å². The second-order valence-corrected chi connectivity index (χ2v) is 6.00. The van der Waals surface area contributed by atoms with Crippen LogP contribution < -0.4 is 10.6 Å². The molecule has 3 nitrogen and oxygen atoms in total. The van der Waals surface area contributed by atoms with Crippen LogP contribution in [0.2, 0.25) is 0 Å². The van der Waals surface area contributed by atoms with Crippen LogP contribution in [-0.4, -0.2) is 19.5 Å². The fraction of sp³-hybridized carbons (Fsp3) is 0.500. The summed E-state index contributed by atoms with van der Waals surface area (Å²) in [5.74, 6) is -0.271. The summed E-state index contributed by atoms with van der Waals surface area (Å²) >= 11 is 3.30. The van der Waals surface area contributed by atoms with Gasteiger partial charge in [-0.05, 0) is 38.1 Å². The zero-order valence-electron chi connectivity index (χ0n) is 10.9. The molecule has 2 rings (SSSR count). The molecular weight excluding hydrogens is 311 g/mol. The first-order valence-electron chi connectivity index (χ1n) is 6.44. The highest BCUT2D eigenvalue weighted by Gasteiger charge is 2.43. The fourth-order valence-electron chi connectivity index (χ4n) is 2.47. The van der Waals surface area contributed by atoms with Gasteiger partial charge in [0.2, 0.25) is 5.91 Å². The van der Waals surface area contributed by atoms with E-state index in [-0.39, 0.29) is 23.7 Å². The number of amides is 1. The average molecular weight is 329 g/mol. The lowest BCUT2D eigenvalue weighted by Crippen LogP contribution is -2.50. The minimum Gasteiger partial charge on any atom is -0.351 e. The Bertz CT molecular complexity index is 475. The molecule has 1 aliphatic rings. The first-order valence-corrected chi connectivity index (χ1v) is 7.23. The summed E-state index contributed by atoms with van der Waals surface area (Å²) in [6.07, 6.45) is 2.89. The number of rotatable bonds is 5. The van der Waals surface area contributed by atoms with Gasteiger partial charge in [-0.15, -0.1) is 0 Å². The molecule has 0 aliphatic heterocycles. The number of halogens is 2. The van der Waals surface area contributed by atoms with Crippen LogP contribution in [0.5, 0.6) is 0 Å². The molecule has 2 N–H and O–H groups in total. The normalized spacial score (nSPS) is 16.8. The molecule has 0 saturated heterocycles. The third kappa shape index (κ3) is 3.15. The molecule has 104 valence electrons. The quantitative estimate of drug-likeness (QED) is 0.872. The van der Waals surface area contributed by atoms with E-state index in [0.717, 1.165) is 23.7 Å². The van der Waals surface area contributed by atoms with Gasteiger partial charge < -0.3 is 10.6 Å². The highest BCUT2D eigenvalue weighted by atomic mass is 79.9. The van der Waals surface area contributed by atoms with E-state index >= 15 is 0 Å². The van der Waals surface area contributed by atoms with Gasteiger partial charge in [0, 0.05) is 23.1 Å². The summed E-state index contributed by atoms with van der Waals surface area (Å²) in [6, 6.07) is 4.74. The first-order chi connectivity index (χ1) is 9.07. The average Bonchev–Trinajstić information content (AvgIpc) is 2.34. The minimum absolute atomic E-state index is 0.0208. The fourth-order valence-corrected chi connectivity index (χ4v) is 2.88. The van der Waals surface area contributed by atoms with Gasteiger partial charge in [0.25, 0.3) is 0 Å². The van der Waals surface area contributed by atoms with Crippen LogP contribution in [0.1, 0.15) is 24.8 Å². The highest BCUT2D eigenvalue weighted by molar-refractivity contribution is 9.10. The summed E-state index contributed by atoms with van der Waals surface area (Å²) in [5, 5.41) is 5.92. The molecule has 0 atom stereocenters. The van der Waals surface area contributed by atoms with Crippen molar-refractivity contribution in [1.82, 2.24) is 10.6 Å². The maximum Gasteiger partial charge on any atom is 0.227 e. The molecule has 5 heteroatoms. The number of carbonyl (C=O) groups excluding carboxylic acids is 1. The van der Waals surface area contributed by atoms with Crippen LogP contribution in [-0.2, 0) is 11.3 Å². The van der Waals surface area contributed by atoms with Gasteiger partial charge in [-0.25, -0.2) is 4.39 Å². The lowest BCUT2D eigenvalue weighted by atomic mass is 9.68. The molecule has 0 spiro atoms. The largest absolute Gasteiger partial charge is 0.351 e. The second kappa shape index (κ2) is 6.01.